The zero-order valence-corrected chi connectivity index (χ0v) is 18.6. The Bertz CT molecular complexity index is 1020. The average molecular weight is 523 g/mol. The number of halogens is 3. The van der Waals surface area contributed by atoms with Crippen molar-refractivity contribution >= 4 is 57.0 Å². The van der Waals surface area contributed by atoms with Crippen molar-refractivity contribution in [3.63, 3.8) is 0 Å². The van der Waals surface area contributed by atoms with E-state index in [0.29, 0.717) is 17.0 Å². The zero-order chi connectivity index (χ0) is 20.2. The molecule has 7 heteroatoms. The van der Waals surface area contributed by atoms with Crippen molar-refractivity contribution in [1.82, 2.24) is 10.3 Å². The molecule has 4 nitrogen and oxygen atoms in total. The molecule has 0 radical (unpaired) electrons. The van der Waals surface area contributed by atoms with Gasteiger partial charge in [0.1, 0.15) is 5.82 Å². The van der Waals surface area contributed by atoms with Crippen LogP contribution in [0.5, 0.6) is 0 Å². The van der Waals surface area contributed by atoms with Crippen molar-refractivity contribution in [1.29, 1.82) is 0 Å². The third-order valence-corrected chi connectivity index (χ3v) is 6.17. The smallest absolute Gasteiger partial charge is 0.206 e. The van der Waals surface area contributed by atoms with E-state index in [2.05, 4.69) is 18.8 Å². The minimum Gasteiger partial charge on any atom is -0.353 e. The fourth-order valence-corrected chi connectivity index (χ4v) is 4.38. The van der Waals surface area contributed by atoms with Crippen LogP contribution in [0.1, 0.15) is 37.2 Å². The molecule has 1 aliphatic carbocycles. The molecule has 2 aromatic carbocycles. The number of nitrogens with one attached hydrogen (secondary N) is 2. The lowest BCUT2D eigenvalue weighted by Gasteiger charge is -2.30. The van der Waals surface area contributed by atoms with E-state index in [9.17, 15) is 4.39 Å². The first-order valence-corrected chi connectivity index (χ1v) is 11.0. The summed E-state index contributed by atoms with van der Waals surface area (Å²) in [5, 5.41) is 8.45. The van der Waals surface area contributed by atoms with Crippen LogP contribution in [0.2, 0.25) is 5.02 Å². The molecule has 1 aromatic heterocycles. The first-order chi connectivity index (χ1) is 14.1. The van der Waals surface area contributed by atoms with E-state index < -0.39 is 0 Å². The van der Waals surface area contributed by atoms with Gasteiger partial charge in [-0.3, -0.25) is 4.98 Å². The second kappa shape index (κ2) is 9.26. The molecule has 0 unspecified atom stereocenters. The van der Waals surface area contributed by atoms with Crippen molar-refractivity contribution < 1.29 is 4.39 Å². The summed E-state index contributed by atoms with van der Waals surface area (Å²) in [6.45, 7) is 0. The lowest BCUT2D eigenvalue weighted by atomic mass is 9.80. The highest BCUT2D eigenvalue weighted by Gasteiger charge is 2.24. The summed E-state index contributed by atoms with van der Waals surface area (Å²) in [4.78, 5) is 4.38. The van der Waals surface area contributed by atoms with Crippen LogP contribution in [0.25, 0.3) is 10.9 Å². The van der Waals surface area contributed by atoms with Crippen LogP contribution in [0.4, 0.5) is 10.1 Å². The van der Waals surface area contributed by atoms with E-state index in [1.54, 1.807) is 12.1 Å². The van der Waals surface area contributed by atoms with Crippen LogP contribution < -0.4 is 10.6 Å². The van der Waals surface area contributed by atoms with E-state index in [4.69, 9.17) is 11.6 Å². The fraction of sp³-hybridized carbons (Fsp3) is 0.273. The van der Waals surface area contributed by atoms with Crippen LogP contribution in [0.3, 0.4) is 0 Å². The van der Waals surface area contributed by atoms with Gasteiger partial charge >= 0.3 is 0 Å². The third-order valence-electron chi connectivity index (χ3n) is 5.44. The number of anilines is 1. The first-order valence-electron chi connectivity index (χ1n) is 9.64. The monoisotopic (exact) mass is 522 g/mol. The Labute approximate surface area is 188 Å². The Hall–Kier alpha value is -1.93. The van der Waals surface area contributed by atoms with E-state index in [-0.39, 0.29) is 5.82 Å². The Morgan fingerprint density at radius 1 is 1.07 bits per heavy atom. The van der Waals surface area contributed by atoms with E-state index in [1.165, 1.54) is 11.6 Å². The quantitative estimate of drug-likeness (QED) is 0.236. The summed E-state index contributed by atoms with van der Waals surface area (Å²) in [5.74, 6) is 0.954. The maximum Gasteiger partial charge on any atom is 0.206 e. The largest absolute Gasteiger partial charge is 0.353 e. The molecule has 3 aromatic rings. The first kappa shape index (κ1) is 20.3. The summed E-state index contributed by atoms with van der Waals surface area (Å²) >= 11 is 7.95. The highest BCUT2D eigenvalue weighted by Crippen LogP contribution is 2.36. The Balaban J connectivity index is 1.39. The lowest BCUT2D eigenvalue weighted by Crippen LogP contribution is -2.40. The number of pyridine rings is 1. The molecule has 2 N–H and O–H groups in total. The van der Waals surface area contributed by atoms with Gasteiger partial charge in [0.25, 0.3) is 0 Å². The highest BCUT2D eigenvalue weighted by atomic mass is 127. The molecular formula is C22H21ClFIN4. The second-order valence-electron chi connectivity index (χ2n) is 7.32. The van der Waals surface area contributed by atoms with Gasteiger partial charge in [-0.2, -0.15) is 3.21 Å². The molecule has 150 valence electrons. The molecule has 0 saturated heterocycles. The maximum atomic E-state index is 13.8. The molecule has 1 saturated carbocycles. The van der Waals surface area contributed by atoms with Gasteiger partial charge in [0, 0.05) is 28.3 Å². The normalized spacial score (nSPS) is 19.9. The van der Waals surface area contributed by atoms with Gasteiger partial charge in [-0.15, -0.1) is 0 Å². The Morgan fingerprint density at radius 3 is 2.55 bits per heavy atom. The number of hydrogen-bond acceptors (Lipinski definition) is 2. The molecule has 0 atom stereocenters. The molecule has 29 heavy (non-hydrogen) atoms. The summed E-state index contributed by atoms with van der Waals surface area (Å²) < 4.78 is 18.1. The average Bonchev–Trinajstić information content (AvgIpc) is 2.75. The van der Waals surface area contributed by atoms with Crippen molar-refractivity contribution in [3.05, 3.63) is 71.1 Å². The van der Waals surface area contributed by atoms with Gasteiger partial charge < -0.3 is 10.6 Å². The predicted molar refractivity (Wildman–Crippen MR) is 126 cm³/mol. The standard InChI is InChI=1S/C22H21ClFIN4/c23-15-3-8-18(9-4-15)28-22(29-25)27-17-6-1-14(2-7-17)19-11-12-26-21-10-5-16(24)13-20(19)21/h3-5,8-14,17H,1-2,6-7H2,(H2,27,28,29)/t14-,17+. The number of guanidine groups is 1. The molecule has 1 heterocycles. The number of benzene rings is 2. The Kier molecular flexibility index (Phi) is 6.50. The van der Waals surface area contributed by atoms with Gasteiger partial charge in [0.05, 0.1) is 28.4 Å². The van der Waals surface area contributed by atoms with Crippen molar-refractivity contribution in [2.24, 2.45) is 3.21 Å². The van der Waals surface area contributed by atoms with E-state index >= 15 is 0 Å². The van der Waals surface area contributed by atoms with Gasteiger partial charge in [-0.1, -0.05) is 11.6 Å². The summed E-state index contributed by atoms with van der Waals surface area (Å²) in [6.07, 6.45) is 5.98. The van der Waals surface area contributed by atoms with Crippen LogP contribution >= 0.6 is 34.5 Å². The predicted octanol–water partition coefficient (Wildman–Crippen LogP) is 6.46. The highest BCUT2D eigenvalue weighted by molar-refractivity contribution is 14.1. The van der Waals surface area contributed by atoms with Gasteiger partial charge in [-0.25, -0.2) is 4.39 Å². The summed E-state index contributed by atoms with van der Waals surface area (Å²) in [6, 6.07) is 14.8. The zero-order valence-electron chi connectivity index (χ0n) is 15.7. The number of hydrogen-bond donors (Lipinski definition) is 2. The molecule has 0 bridgehead atoms. The minimum atomic E-state index is -0.210. The number of rotatable bonds is 3. The molecule has 4 rings (SSSR count). The van der Waals surface area contributed by atoms with Gasteiger partial charge in [0.2, 0.25) is 5.96 Å². The maximum absolute atomic E-state index is 13.8. The molecule has 0 spiro atoms. The van der Waals surface area contributed by atoms with Crippen molar-refractivity contribution in [2.45, 2.75) is 37.6 Å². The van der Waals surface area contributed by atoms with Crippen LogP contribution in [-0.2, 0) is 0 Å². The molecule has 0 aliphatic heterocycles. The van der Waals surface area contributed by atoms with E-state index in [1.807, 2.05) is 59.4 Å². The van der Waals surface area contributed by atoms with Crippen LogP contribution in [-0.4, -0.2) is 17.0 Å². The van der Waals surface area contributed by atoms with Crippen molar-refractivity contribution in [2.75, 3.05) is 5.32 Å². The molecular weight excluding hydrogens is 502 g/mol. The van der Waals surface area contributed by atoms with Crippen LogP contribution in [0.15, 0.2) is 57.9 Å². The van der Waals surface area contributed by atoms with Crippen molar-refractivity contribution in [3.8, 4) is 0 Å². The van der Waals surface area contributed by atoms with Crippen LogP contribution in [0, 0.1) is 5.82 Å². The molecule has 0 amide bonds. The van der Waals surface area contributed by atoms with Gasteiger partial charge in [-0.05, 0) is 85.7 Å². The summed E-state index contributed by atoms with van der Waals surface area (Å²) in [7, 11) is 0. The Morgan fingerprint density at radius 2 is 1.83 bits per heavy atom. The molecule has 1 aliphatic rings. The summed E-state index contributed by atoms with van der Waals surface area (Å²) in [5.41, 5.74) is 3.00. The third kappa shape index (κ3) is 4.98. The number of nitrogens with zero attached hydrogens (tertiary/aromatic N) is 2. The van der Waals surface area contributed by atoms with E-state index in [0.717, 1.165) is 48.2 Å². The second-order valence-corrected chi connectivity index (χ2v) is 8.24. The molecule has 1 fully saturated rings. The van der Waals surface area contributed by atoms with Gasteiger partial charge in [0.15, 0.2) is 0 Å². The topological polar surface area (TPSA) is 49.3 Å². The fourth-order valence-electron chi connectivity index (χ4n) is 3.99. The lowest BCUT2D eigenvalue weighted by molar-refractivity contribution is 0.375. The SMILES string of the molecule is Fc1ccc2nccc([C@H]3CC[C@@H](N/C(=N/I)Nc4ccc(Cl)cc4)CC3)c2c1. The minimum absolute atomic E-state index is 0.210. The number of aromatic nitrogens is 1. The number of fused-ring (bicyclic) bond motifs is 1.